The van der Waals surface area contributed by atoms with Gasteiger partial charge in [0.15, 0.2) is 0 Å². The van der Waals surface area contributed by atoms with Gasteiger partial charge in [0.05, 0.1) is 11.2 Å². The number of benzene rings is 1. The summed E-state index contributed by atoms with van der Waals surface area (Å²) < 4.78 is 5.55. The van der Waals surface area contributed by atoms with Gasteiger partial charge in [0.1, 0.15) is 0 Å². The van der Waals surface area contributed by atoms with Gasteiger partial charge in [0.25, 0.3) is 5.91 Å². The Labute approximate surface area is 126 Å². The van der Waals surface area contributed by atoms with Gasteiger partial charge in [-0.2, -0.15) is 0 Å². The van der Waals surface area contributed by atoms with E-state index in [1.165, 1.54) is 4.90 Å². The first kappa shape index (κ1) is 17.7. The summed E-state index contributed by atoms with van der Waals surface area (Å²) in [5, 5.41) is 20.2. The van der Waals surface area contributed by atoms with Crippen molar-refractivity contribution in [3.8, 4) is 0 Å². The Hall–Kier alpha value is -1.37. The molecule has 0 bridgehead atoms. The van der Waals surface area contributed by atoms with Gasteiger partial charge in [-0.05, 0) is 45.3 Å². The van der Waals surface area contributed by atoms with Crippen molar-refractivity contribution in [1.29, 1.82) is 0 Å². The van der Waals surface area contributed by atoms with Crippen LogP contribution in [-0.2, 0) is 4.65 Å². The largest absolute Gasteiger partial charge is 0.491 e. The lowest BCUT2D eigenvalue weighted by atomic mass is 9.76. The number of aliphatic hydroxyl groups is 1. The summed E-state index contributed by atoms with van der Waals surface area (Å²) in [6.45, 7) is 6.66. The van der Waals surface area contributed by atoms with E-state index in [9.17, 15) is 14.9 Å². The third-order valence-electron chi connectivity index (χ3n) is 3.73. The maximum absolute atomic E-state index is 11.8. The van der Waals surface area contributed by atoms with Gasteiger partial charge in [-0.15, -0.1) is 0 Å². The molecule has 0 saturated heterocycles. The number of carbonyl (C=O) groups excluding carboxylic acids is 1. The van der Waals surface area contributed by atoms with Crippen molar-refractivity contribution in [2.24, 2.45) is 0 Å². The minimum absolute atomic E-state index is 0.103. The molecule has 0 aliphatic carbocycles. The number of nitrogens with zero attached hydrogens (tertiary/aromatic N) is 1. The average Bonchev–Trinajstić information content (AvgIpc) is 2.36. The molecule has 2 N–H and O–H groups in total. The van der Waals surface area contributed by atoms with Gasteiger partial charge in [-0.25, -0.2) is 0 Å². The standard InChI is InChI=1S/C15H24BNO4/c1-14(2,19)15(3,4)21-16(20)12-9-7-11(8-10-12)13(18)17(5)6/h7-10,19-20H,1-6H3. The van der Waals surface area contributed by atoms with E-state index in [0.29, 0.717) is 11.0 Å². The Bertz CT molecular complexity index is 491. The smallest absolute Gasteiger partial charge is 0.423 e. The molecule has 1 aromatic rings. The van der Waals surface area contributed by atoms with E-state index in [1.807, 2.05) is 0 Å². The molecule has 1 rings (SSSR count). The van der Waals surface area contributed by atoms with Crippen LogP contribution < -0.4 is 5.46 Å². The molecule has 0 radical (unpaired) electrons. The Morgan fingerprint density at radius 2 is 1.62 bits per heavy atom. The maximum Gasteiger partial charge on any atom is 0.491 e. The van der Waals surface area contributed by atoms with Crippen LogP contribution in [0.5, 0.6) is 0 Å². The molecule has 6 heteroatoms. The van der Waals surface area contributed by atoms with Gasteiger partial charge < -0.3 is 19.7 Å². The van der Waals surface area contributed by atoms with Crippen LogP contribution in [0.15, 0.2) is 24.3 Å². The SMILES string of the molecule is CN(C)C(=O)c1ccc(B(O)OC(C)(C)C(C)(C)O)cc1. The molecule has 1 amide bonds. The molecule has 0 atom stereocenters. The number of carbonyl (C=O) groups is 1. The monoisotopic (exact) mass is 293 g/mol. The summed E-state index contributed by atoms with van der Waals surface area (Å²) in [4.78, 5) is 13.3. The Morgan fingerprint density at radius 1 is 1.14 bits per heavy atom. The second-order valence-corrected chi connectivity index (χ2v) is 6.36. The normalized spacial score (nSPS) is 12.2. The summed E-state index contributed by atoms with van der Waals surface area (Å²) in [6.07, 6.45) is 0. The molecular formula is C15H24BNO4. The first-order valence-corrected chi connectivity index (χ1v) is 6.85. The highest BCUT2D eigenvalue weighted by Gasteiger charge is 2.39. The highest BCUT2D eigenvalue weighted by molar-refractivity contribution is 6.60. The van der Waals surface area contributed by atoms with Crippen molar-refractivity contribution in [2.75, 3.05) is 14.1 Å². The molecule has 21 heavy (non-hydrogen) atoms. The topological polar surface area (TPSA) is 70.0 Å². The Kier molecular flexibility index (Phi) is 5.20. The zero-order valence-electron chi connectivity index (χ0n) is 13.5. The lowest BCUT2D eigenvalue weighted by molar-refractivity contribution is -0.0982. The fourth-order valence-electron chi connectivity index (χ4n) is 1.54. The van der Waals surface area contributed by atoms with Crippen molar-refractivity contribution < 1.29 is 19.6 Å². The quantitative estimate of drug-likeness (QED) is 0.782. The van der Waals surface area contributed by atoms with Crippen molar-refractivity contribution in [1.82, 2.24) is 4.90 Å². The zero-order chi connectivity index (χ0) is 16.4. The predicted molar refractivity (Wildman–Crippen MR) is 83.5 cm³/mol. The summed E-state index contributed by atoms with van der Waals surface area (Å²) >= 11 is 0. The van der Waals surface area contributed by atoms with Crippen molar-refractivity contribution in [3.05, 3.63) is 29.8 Å². The molecular weight excluding hydrogens is 269 g/mol. The lowest BCUT2D eigenvalue weighted by Gasteiger charge is -2.38. The van der Waals surface area contributed by atoms with Gasteiger partial charge >= 0.3 is 7.12 Å². The van der Waals surface area contributed by atoms with Crippen molar-refractivity contribution in [2.45, 2.75) is 38.9 Å². The van der Waals surface area contributed by atoms with E-state index < -0.39 is 18.3 Å². The number of rotatable bonds is 5. The highest BCUT2D eigenvalue weighted by atomic mass is 16.5. The van der Waals surface area contributed by atoms with Crippen LogP contribution in [0.3, 0.4) is 0 Å². The van der Waals surface area contributed by atoms with E-state index in [-0.39, 0.29) is 5.91 Å². The Morgan fingerprint density at radius 3 is 2.00 bits per heavy atom. The highest BCUT2D eigenvalue weighted by Crippen LogP contribution is 2.25. The van der Waals surface area contributed by atoms with Gasteiger partial charge in [0, 0.05) is 19.7 Å². The van der Waals surface area contributed by atoms with Crippen LogP contribution in [0.25, 0.3) is 0 Å². The second kappa shape index (κ2) is 6.18. The molecule has 0 aliphatic rings. The van der Waals surface area contributed by atoms with E-state index >= 15 is 0 Å². The molecule has 5 nitrogen and oxygen atoms in total. The molecule has 0 unspecified atom stereocenters. The molecule has 0 fully saturated rings. The molecule has 0 saturated carbocycles. The van der Waals surface area contributed by atoms with E-state index in [0.717, 1.165) is 0 Å². The summed E-state index contributed by atoms with van der Waals surface area (Å²) in [6, 6.07) is 6.56. The second-order valence-electron chi connectivity index (χ2n) is 6.36. The molecule has 0 aliphatic heterocycles. The molecule has 116 valence electrons. The molecule has 1 aromatic carbocycles. The number of hydrogen-bond donors (Lipinski definition) is 2. The molecule has 0 aromatic heterocycles. The fraction of sp³-hybridized carbons (Fsp3) is 0.533. The van der Waals surface area contributed by atoms with Gasteiger partial charge in [-0.3, -0.25) is 4.79 Å². The first-order chi connectivity index (χ1) is 9.45. The number of amides is 1. The van der Waals surface area contributed by atoms with E-state index in [2.05, 4.69) is 0 Å². The first-order valence-electron chi connectivity index (χ1n) is 6.85. The minimum Gasteiger partial charge on any atom is -0.423 e. The summed E-state index contributed by atoms with van der Waals surface area (Å²) in [5.74, 6) is -0.103. The van der Waals surface area contributed by atoms with Crippen LogP contribution in [-0.4, -0.2) is 53.4 Å². The van der Waals surface area contributed by atoms with Crippen LogP contribution in [0.4, 0.5) is 0 Å². The van der Waals surface area contributed by atoms with E-state index in [1.54, 1.807) is 66.1 Å². The minimum atomic E-state index is -1.17. The fourth-order valence-corrected chi connectivity index (χ4v) is 1.54. The molecule has 0 heterocycles. The average molecular weight is 293 g/mol. The zero-order valence-corrected chi connectivity index (χ0v) is 13.5. The molecule has 0 spiro atoms. The Balaban J connectivity index is 2.85. The van der Waals surface area contributed by atoms with Crippen molar-refractivity contribution >= 4 is 18.5 Å². The van der Waals surface area contributed by atoms with Gasteiger partial charge in [0.2, 0.25) is 0 Å². The number of hydrogen-bond acceptors (Lipinski definition) is 4. The summed E-state index contributed by atoms with van der Waals surface area (Å²) in [7, 11) is 2.19. The maximum atomic E-state index is 11.8. The predicted octanol–water partition coefficient (Wildman–Crippen LogP) is 0.642. The lowest BCUT2D eigenvalue weighted by Crippen LogP contribution is -2.53. The van der Waals surface area contributed by atoms with Gasteiger partial charge in [-0.1, -0.05) is 12.1 Å². The van der Waals surface area contributed by atoms with Crippen LogP contribution >= 0.6 is 0 Å². The van der Waals surface area contributed by atoms with Crippen LogP contribution in [0.1, 0.15) is 38.1 Å². The van der Waals surface area contributed by atoms with Crippen LogP contribution in [0.2, 0.25) is 0 Å². The van der Waals surface area contributed by atoms with Crippen molar-refractivity contribution in [3.63, 3.8) is 0 Å². The van der Waals surface area contributed by atoms with Crippen LogP contribution in [0, 0.1) is 0 Å². The third kappa shape index (κ3) is 4.30. The summed E-state index contributed by atoms with van der Waals surface area (Å²) in [5.41, 5.74) is -0.959. The van der Waals surface area contributed by atoms with E-state index in [4.69, 9.17) is 4.65 Å². The third-order valence-corrected chi connectivity index (χ3v) is 3.73.